The van der Waals surface area contributed by atoms with Gasteiger partial charge < -0.3 is 35.2 Å². The number of amides is 2. The van der Waals surface area contributed by atoms with Crippen molar-refractivity contribution >= 4 is 43.4 Å². The molecule has 0 saturated carbocycles. The van der Waals surface area contributed by atoms with Crippen LogP contribution in [0.5, 0.6) is 5.75 Å². The average Bonchev–Trinajstić information content (AvgIpc) is 3.39. The summed E-state index contributed by atoms with van der Waals surface area (Å²) in [5, 5.41) is 28.9. The van der Waals surface area contributed by atoms with Gasteiger partial charge in [-0.05, 0) is 35.7 Å². The topological polar surface area (TPSA) is 213 Å². The lowest BCUT2D eigenvalue weighted by molar-refractivity contribution is -0.123. The fourth-order valence-corrected chi connectivity index (χ4v) is 4.82. The van der Waals surface area contributed by atoms with Crippen molar-refractivity contribution in [2.45, 2.75) is 18.4 Å². The van der Waals surface area contributed by atoms with E-state index in [4.69, 9.17) is 4.65 Å². The smallest absolute Gasteiger partial charge is 0.534 e. The molecule has 0 saturated heterocycles. The van der Waals surface area contributed by atoms with Crippen LogP contribution >= 0.6 is 7.60 Å². The lowest BCUT2D eigenvalue weighted by atomic mass is 9.72. The van der Waals surface area contributed by atoms with Crippen molar-refractivity contribution < 1.29 is 43.5 Å². The van der Waals surface area contributed by atoms with E-state index in [9.17, 15) is 38.9 Å². The molecule has 6 N–H and O–H groups in total. The second-order valence-electron chi connectivity index (χ2n) is 8.95. The van der Waals surface area contributed by atoms with Crippen LogP contribution in [0.3, 0.4) is 0 Å². The fourth-order valence-electron chi connectivity index (χ4n) is 4.28. The number of aromatic nitrogens is 3. The van der Waals surface area contributed by atoms with Gasteiger partial charge in [0.05, 0.1) is 28.6 Å². The van der Waals surface area contributed by atoms with Crippen molar-refractivity contribution in [3.63, 3.8) is 0 Å². The maximum atomic E-state index is 13.5. The predicted octanol–water partition coefficient (Wildman–Crippen LogP) is -0.159. The highest BCUT2D eigenvalue weighted by molar-refractivity contribution is 7.60. The maximum Gasteiger partial charge on any atom is 0.547 e. The minimum Gasteiger partial charge on any atom is -0.534 e. The number of para-hydroxylation sites is 1. The first-order chi connectivity index (χ1) is 19.0. The van der Waals surface area contributed by atoms with E-state index in [1.54, 1.807) is 12.1 Å². The summed E-state index contributed by atoms with van der Waals surface area (Å²) in [6, 6.07) is 9.57. The van der Waals surface area contributed by atoms with Crippen LogP contribution in [0.1, 0.15) is 37.9 Å². The van der Waals surface area contributed by atoms with Crippen molar-refractivity contribution in [2.75, 3.05) is 0 Å². The fraction of sp³-hybridized carbons (Fsp3) is 0.125. The quantitative estimate of drug-likeness (QED) is 0.128. The van der Waals surface area contributed by atoms with E-state index in [0.29, 0.717) is 11.2 Å². The Labute approximate surface area is 225 Å². The molecule has 16 heteroatoms. The Morgan fingerprint density at radius 1 is 1.12 bits per heavy atom. The molecule has 4 aromatic rings. The Kier molecular flexibility index (Phi) is 7.13. The van der Waals surface area contributed by atoms with Crippen molar-refractivity contribution in [1.82, 2.24) is 25.2 Å². The molecule has 1 aliphatic heterocycles. The number of nitrogens with zero attached hydrogens (tertiary/aromatic N) is 3. The third kappa shape index (κ3) is 5.44. The highest BCUT2D eigenvalue weighted by atomic mass is 31.2. The standard InChI is InChI=1S/C24H21BN5O9P/c31-22(15-11-26-19-8-9-27-30(19)12-15)29-20(13-4-6-16(7-5-13)40(36,37)38)23(32)28-18-10-14-2-1-3-17(24(33)34)21(14)39-25(18)35/h1-9,11-12,18,20,35H,10H2,(H,28,32)(H,29,31)(H,33,34)(H2,36,37,38)/t18-,20-/m0/s1. The summed E-state index contributed by atoms with van der Waals surface area (Å²) in [5.74, 6) is -3.72. The first kappa shape index (κ1) is 27.0. The zero-order valence-electron chi connectivity index (χ0n) is 20.4. The Bertz CT molecular complexity index is 1670. The lowest BCUT2D eigenvalue weighted by Gasteiger charge is -2.30. The van der Waals surface area contributed by atoms with Gasteiger partial charge >= 0.3 is 20.7 Å². The number of carbonyl (C=O) groups is 3. The number of fused-ring (bicyclic) bond motifs is 2. The molecule has 14 nitrogen and oxygen atoms in total. The van der Waals surface area contributed by atoms with E-state index in [-0.39, 0.29) is 34.2 Å². The molecule has 1 aliphatic rings. The second-order valence-corrected chi connectivity index (χ2v) is 10.5. The van der Waals surface area contributed by atoms with Crippen LogP contribution in [0.2, 0.25) is 0 Å². The Hall–Kier alpha value is -4.56. The number of carbonyl (C=O) groups excluding carboxylic acids is 2. The highest BCUT2D eigenvalue weighted by Crippen LogP contribution is 2.33. The number of aromatic carboxylic acids is 1. The van der Waals surface area contributed by atoms with Crippen molar-refractivity contribution in [3.8, 4) is 5.75 Å². The molecule has 2 aromatic heterocycles. The van der Waals surface area contributed by atoms with Crippen LogP contribution in [0.4, 0.5) is 0 Å². The molecular weight excluding hydrogens is 544 g/mol. The van der Waals surface area contributed by atoms with Crippen molar-refractivity contribution in [1.29, 1.82) is 0 Å². The molecule has 3 heterocycles. The summed E-state index contributed by atoms with van der Waals surface area (Å²) in [4.78, 5) is 61.1. The van der Waals surface area contributed by atoms with Gasteiger partial charge in [-0.2, -0.15) is 5.10 Å². The average molecular weight is 565 g/mol. The molecular formula is C24H21BN5O9P. The first-order valence-electron chi connectivity index (χ1n) is 11.8. The van der Waals surface area contributed by atoms with Crippen molar-refractivity contribution in [2.24, 2.45) is 0 Å². The summed E-state index contributed by atoms with van der Waals surface area (Å²) in [6.45, 7) is 0. The number of nitrogens with one attached hydrogen (secondary N) is 2. The monoisotopic (exact) mass is 565 g/mol. The van der Waals surface area contributed by atoms with Crippen LogP contribution in [-0.2, 0) is 15.8 Å². The van der Waals surface area contributed by atoms with Gasteiger partial charge in [0, 0.05) is 18.5 Å². The Balaban J connectivity index is 1.42. The van der Waals surface area contributed by atoms with Crippen LogP contribution in [-0.4, -0.2) is 65.4 Å². The van der Waals surface area contributed by atoms with Crippen LogP contribution in [0.25, 0.3) is 5.65 Å². The molecule has 0 spiro atoms. The minimum atomic E-state index is -4.56. The number of hydrogen-bond donors (Lipinski definition) is 6. The van der Waals surface area contributed by atoms with E-state index in [2.05, 4.69) is 20.7 Å². The molecule has 0 fully saturated rings. The largest absolute Gasteiger partial charge is 0.547 e. The first-order valence-corrected chi connectivity index (χ1v) is 13.4. The molecule has 0 radical (unpaired) electrons. The van der Waals surface area contributed by atoms with Gasteiger partial charge in [0.2, 0.25) is 5.91 Å². The maximum absolute atomic E-state index is 13.5. The van der Waals surface area contributed by atoms with E-state index >= 15 is 0 Å². The molecule has 2 aromatic carbocycles. The number of rotatable bonds is 7. The van der Waals surface area contributed by atoms with Gasteiger partial charge in [-0.15, -0.1) is 0 Å². The highest BCUT2D eigenvalue weighted by Gasteiger charge is 2.39. The summed E-state index contributed by atoms with van der Waals surface area (Å²) in [7, 11) is -6.16. The summed E-state index contributed by atoms with van der Waals surface area (Å²) >= 11 is 0. The summed E-state index contributed by atoms with van der Waals surface area (Å²) in [5.41, 5.74) is 1.07. The Morgan fingerprint density at radius 3 is 2.58 bits per heavy atom. The lowest BCUT2D eigenvalue weighted by Crippen LogP contribution is -2.55. The van der Waals surface area contributed by atoms with Crippen molar-refractivity contribution in [3.05, 3.63) is 89.4 Å². The zero-order chi connectivity index (χ0) is 28.6. The van der Waals surface area contributed by atoms with Gasteiger partial charge in [0.1, 0.15) is 11.8 Å². The molecule has 204 valence electrons. The van der Waals surface area contributed by atoms with Gasteiger partial charge in [-0.1, -0.05) is 24.3 Å². The van der Waals surface area contributed by atoms with E-state index < -0.39 is 44.5 Å². The summed E-state index contributed by atoms with van der Waals surface area (Å²) < 4.78 is 18.4. The zero-order valence-corrected chi connectivity index (χ0v) is 21.3. The number of carboxylic acid groups (broad SMARTS) is 1. The second kappa shape index (κ2) is 10.5. The molecule has 40 heavy (non-hydrogen) atoms. The van der Waals surface area contributed by atoms with Gasteiger partial charge in [-0.3, -0.25) is 14.2 Å². The number of benzene rings is 2. The van der Waals surface area contributed by atoms with Gasteiger partial charge in [0.15, 0.2) is 5.65 Å². The van der Waals surface area contributed by atoms with E-state index in [1.807, 2.05) is 0 Å². The van der Waals surface area contributed by atoms with Crippen LogP contribution in [0.15, 0.2) is 67.1 Å². The third-order valence-corrected chi connectivity index (χ3v) is 7.26. The third-order valence-electron chi connectivity index (χ3n) is 6.29. The van der Waals surface area contributed by atoms with E-state index in [0.717, 1.165) is 12.1 Å². The van der Waals surface area contributed by atoms with Gasteiger partial charge in [-0.25, -0.2) is 14.3 Å². The molecule has 2 amide bonds. The van der Waals surface area contributed by atoms with E-state index in [1.165, 1.54) is 47.4 Å². The minimum absolute atomic E-state index is 0.00705. The SMILES string of the molecule is O=C(N[C@H](C(=O)N[C@H]1Cc2cccc(C(=O)O)c2OB1O)c1ccc(P(=O)(O)O)cc1)c1cnc2ccnn2c1. The van der Waals surface area contributed by atoms with Gasteiger partial charge in [0.25, 0.3) is 5.91 Å². The predicted molar refractivity (Wildman–Crippen MR) is 139 cm³/mol. The molecule has 5 rings (SSSR count). The normalized spacial score (nSPS) is 15.6. The van der Waals surface area contributed by atoms with Crippen LogP contribution < -0.4 is 20.6 Å². The van der Waals surface area contributed by atoms with Crippen LogP contribution in [0, 0.1) is 0 Å². The molecule has 0 unspecified atom stereocenters. The summed E-state index contributed by atoms with van der Waals surface area (Å²) in [6.07, 6.45) is 4.24. The molecule has 0 bridgehead atoms. The molecule has 0 aliphatic carbocycles. The number of hydrogen-bond acceptors (Lipinski definition) is 8. The number of carboxylic acids is 1. The molecule has 2 atom stereocenters. The Morgan fingerprint density at radius 2 is 1.88 bits per heavy atom.